The van der Waals surface area contributed by atoms with Crippen molar-refractivity contribution in [1.29, 1.82) is 0 Å². The van der Waals surface area contributed by atoms with E-state index in [-0.39, 0.29) is 5.92 Å². The molecule has 0 saturated heterocycles. The molecule has 1 aliphatic carbocycles. The van der Waals surface area contributed by atoms with Gasteiger partial charge in [0.25, 0.3) is 0 Å². The Hall–Kier alpha value is -6.48. The Balaban J connectivity index is 1.02. The smallest absolute Gasteiger partial charge is 0.136 e. The van der Waals surface area contributed by atoms with Crippen molar-refractivity contribution in [3.63, 3.8) is 0 Å². The molecule has 1 nitrogen and oxygen atoms in total. The van der Waals surface area contributed by atoms with Crippen molar-refractivity contribution in [3.8, 4) is 22.3 Å². The monoisotopic (exact) mass is 704 g/mol. The molecule has 2 aromatic heterocycles. The van der Waals surface area contributed by atoms with Crippen molar-refractivity contribution in [2.75, 3.05) is 0 Å². The highest BCUT2D eigenvalue weighted by molar-refractivity contribution is 7.25. The minimum Gasteiger partial charge on any atom is -0.456 e. The second-order valence-electron chi connectivity index (χ2n) is 14.7. The lowest BCUT2D eigenvalue weighted by Crippen LogP contribution is -2.24. The van der Waals surface area contributed by atoms with E-state index >= 15 is 0 Å². The molecular weight excluding hydrogens is 673 g/mol. The second kappa shape index (κ2) is 11.5. The number of benzene rings is 9. The summed E-state index contributed by atoms with van der Waals surface area (Å²) < 4.78 is 9.19. The van der Waals surface area contributed by atoms with Gasteiger partial charge in [0.05, 0.1) is 0 Å². The van der Waals surface area contributed by atoms with Crippen molar-refractivity contribution >= 4 is 97.7 Å². The Morgan fingerprint density at radius 1 is 0.463 bits per heavy atom. The Morgan fingerprint density at radius 3 is 1.93 bits per heavy atom. The van der Waals surface area contributed by atoms with Crippen molar-refractivity contribution in [3.05, 3.63) is 180 Å². The van der Waals surface area contributed by atoms with Gasteiger partial charge in [-0.1, -0.05) is 140 Å². The zero-order valence-corrected chi connectivity index (χ0v) is 30.2. The van der Waals surface area contributed by atoms with Crippen molar-refractivity contribution in [1.82, 2.24) is 0 Å². The van der Waals surface area contributed by atoms with Gasteiger partial charge in [-0.25, -0.2) is 0 Å². The molecule has 12 rings (SSSR count). The lowest BCUT2D eigenvalue weighted by Gasteiger charge is -2.20. The van der Waals surface area contributed by atoms with Crippen LogP contribution in [-0.2, 0) is 0 Å². The Morgan fingerprint density at radius 2 is 1.11 bits per heavy atom. The van der Waals surface area contributed by atoms with Gasteiger partial charge in [0.2, 0.25) is 0 Å². The van der Waals surface area contributed by atoms with Crippen molar-refractivity contribution in [2.24, 2.45) is 0 Å². The maximum absolute atomic E-state index is 6.53. The van der Waals surface area contributed by atoms with E-state index in [1.165, 1.54) is 102 Å². The van der Waals surface area contributed by atoms with Gasteiger partial charge in [-0.05, 0) is 114 Å². The summed E-state index contributed by atoms with van der Waals surface area (Å²) in [7, 11) is 0. The lowest BCUT2D eigenvalue weighted by molar-refractivity contribution is 0.570. The molecule has 54 heavy (non-hydrogen) atoms. The quantitative estimate of drug-likeness (QED) is 0.167. The van der Waals surface area contributed by atoms with Gasteiger partial charge < -0.3 is 4.42 Å². The van der Waals surface area contributed by atoms with Gasteiger partial charge in [-0.3, -0.25) is 0 Å². The molecule has 11 aromatic rings. The van der Waals surface area contributed by atoms with Gasteiger partial charge in [0.1, 0.15) is 11.0 Å². The molecule has 252 valence electrons. The summed E-state index contributed by atoms with van der Waals surface area (Å²) in [5.74, 6) is 0.240. The molecule has 0 bridgehead atoms. The summed E-state index contributed by atoms with van der Waals surface area (Å²) >= 11 is 1.86. The van der Waals surface area contributed by atoms with Crippen LogP contribution in [-0.4, -0.2) is 0 Å². The second-order valence-corrected chi connectivity index (χ2v) is 15.8. The van der Waals surface area contributed by atoms with Gasteiger partial charge in [-0.2, -0.15) is 0 Å². The average molecular weight is 705 g/mol. The van der Waals surface area contributed by atoms with Gasteiger partial charge in [-0.15, -0.1) is 11.3 Å². The first kappa shape index (κ1) is 30.0. The first-order valence-electron chi connectivity index (χ1n) is 18.8. The summed E-state index contributed by atoms with van der Waals surface area (Å²) in [5, 5.41) is 15.2. The fraction of sp³-hybridized carbons (Fsp3) is 0.0385. The van der Waals surface area contributed by atoms with Crippen LogP contribution in [0.3, 0.4) is 0 Å². The lowest BCUT2D eigenvalue weighted by atomic mass is 9.83. The minimum atomic E-state index is 0.240. The predicted molar refractivity (Wildman–Crippen MR) is 232 cm³/mol. The average Bonchev–Trinajstić information content (AvgIpc) is 3.77. The standard InChI is InChI=1S/C52H32OS/c1-2-15-37-31(11-1)12-10-21-39(37)52-42-19-5-3-17-40(42)51(41-18-4-6-20-43(41)52)34-14-9-13-32(25-34)33-23-24-47-44(26-33)45-27-35-28-46-38-16-7-8-22-49(38)54-50(46)30-36(35)29-48(45)53-47/h1-22,24-30,33H,23H2. The van der Waals surface area contributed by atoms with E-state index in [1.54, 1.807) is 0 Å². The van der Waals surface area contributed by atoms with Gasteiger partial charge >= 0.3 is 0 Å². The predicted octanol–water partition coefficient (Wildman–Crippen LogP) is 13.5. The first-order chi connectivity index (χ1) is 26.7. The zero-order chi connectivity index (χ0) is 35.3. The van der Waals surface area contributed by atoms with Gasteiger partial charge in [0, 0.05) is 36.7 Å². The van der Waals surface area contributed by atoms with Crippen LogP contribution in [0.15, 0.2) is 168 Å². The normalized spacial score (nSPS) is 14.3. The molecule has 2 heteroatoms. The molecule has 2 heterocycles. The van der Waals surface area contributed by atoms with Crippen LogP contribution in [0.1, 0.15) is 17.9 Å². The fourth-order valence-electron chi connectivity index (χ4n) is 9.26. The molecule has 1 atom stereocenters. The summed E-state index contributed by atoms with van der Waals surface area (Å²) in [5.41, 5.74) is 8.38. The summed E-state index contributed by atoms with van der Waals surface area (Å²) in [6.07, 6.45) is 5.65. The SMILES string of the molecule is C1=c2oc3cc4cc5sc6ccccc6c5cc4cc3c2=CC(c2cccc(-c3c4ccccc4c(-c4cccc5ccccc45)c4ccccc34)c2)C1. The largest absolute Gasteiger partial charge is 0.456 e. The van der Waals surface area contributed by atoms with Crippen LogP contribution >= 0.6 is 11.3 Å². The molecule has 0 saturated carbocycles. The van der Waals surface area contributed by atoms with Crippen LogP contribution in [0.25, 0.3) is 109 Å². The molecule has 0 fully saturated rings. The first-order valence-corrected chi connectivity index (χ1v) is 19.6. The van der Waals surface area contributed by atoms with Crippen LogP contribution < -0.4 is 10.6 Å². The number of furan rings is 1. The Bertz CT molecular complexity index is 3430. The molecule has 1 aliphatic rings. The molecule has 0 amide bonds. The van der Waals surface area contributed by atoms with Crippen LogP contribution in [0.4, 0.5) is 0 Å². The third-order valence-electron chi connectivity index (χ3n) is 11.7. The van der Waals surface area contributed by atoms with E-state index < -0.39 is 0 Å². The fourth-order valence-corrected chi connectivity index (χ4v) is 10.4. The molecule has 0 N–H and O–H groups in total. The van der Waals surface area contributed by atoms with E-state index in [1.807, 2.05) is 11.3 Å². The van der Waals surface area contributed by atoms with Gasteiger partial charge in [0.15, 0.2) is 0 Å². The van der Waals surface area contributed by atoms with E-state index in [0.717, 1.165) is 17.4 Å². The third-order valence-corrected chi connectivity index (χ3v) is 12.9. The maximum Gasteiger partial charge on any atom is 0.136 e. The highest BCUT2D eigenvalue weighted by Gasteiger charge is 2.20. The Kier molecular flexibility index (Phi) is 6.40. The number of thiophene rings is 1. The molecular formula is C52H32OS. The number of rotatable bonds is 3. The van der Waals surface area contributed by atoms with E-state index in [2.05, 4.69) is 176 Å². The van der Waals surface area contributed by atoms with Crippen LogP contribution in [0.2, 0.25) is 0 Å². The topological polar surface area (TPSA) is 13.1 Å². The highest BCUT2D eigenvalue weighted by atomic mass is 32.1. The molecule has 9 aromatic carbocycles. The Labute approximate surface area is 315 Å². The third kappa shape index (κ3) is 4.44. The van der Waals surface area contributed by atoms with E-state index in [0.29, 0.717) is 0 Å². The highest BCUT2D eigenvalue weighted by Crippen LogP contribution is 2.46. The number of hydrogen-bond donors (Lipinski definition) is 0. The zero-order valence-electron chi connectivity index (χ0n) is 29.3. The molecule has 1 unspecified atom stereocenters. The number of fused-ring (bicyclic) bond motifs is 10. The van der Waals surface area contributed by atoms with Crippen LogP contribution in [0, 0.1) is 0 Å². The van der Waals surface area contributed by atoms with Crippen molar-refractivity contribution < 1.29 is 4.42 Å². The van der Waals surface area contributed by atoms with E-state index in [9.17, 15) is 0 Å². The molecule has 0 aliphatic heterocycles. The van der Waals surface area contributed by atoms with Crippen LogP contribution in [0.5, 0.6) is 0 Å². The number of hydrogen-bond acceptors (Lipinski definition) is 2. The maximum atomic E-state index is 6.53. The van der Waals surface area contributed by atoms with Crippen molar-refractivity contribution in [2.45, 2.75) is 12.3 Å². The molecule has 0 spiro atoms. The summed E-state index contributed by atoms with van der Waals surface area (Å²) in [6.45, 7) is 0. The molecule has 0 radical (unpaired) electrons. The summed E-state index contributed by atoms with van der Waals surface area (Å²) in [6, 6.07) is 60.7. The minimum absolute atomic E-state index is 0.240. The summed E-state index contributed by atoms with van der Waals surface area (Å²) in [4.78, 5) is 0. The van der Waals surface area contributed by atoms with E-state index in [4.69, 9.17) is 4.42 Å².